The fraction of sp³-hybridized carbons (Fsp3) is 0.235. The van der Waals surface area contributed by atoms with Gasteiger partial charge in [-0.05, 0) is 23.1 Å². The number of hydrogen-bond acceptors (Lipinski definition) is 5. The normalized spacial score (nSPS) is 14.6. The minimum absolute atomic E-state index is 0.0666. The molecule has 1 fully saturated rings. The maximum absolute atomic E-state index is 12.3. The number of halogens is 1. The molecule has 0 atom stereocenters. The predicted molar refractivity (Wildman–Crippen MR) is 92.1 cm³/mol. The molecular formula is C17H14ClN3O2S. The van der Waals surface area contributed by atoms with Crippen LogP contribution < -0.4 is 0 Å². The molecule has 0 saturated carbocycles. The van der Waals surface area contributed by atoms with E-state index in [4.69, 9.17) is 16.1 Å². The highest BCUT2D eigenvalue weighted by molar-refractivity contribution is 7.08. The van der Waals surface area contributed by atoms with E-state index in [-0.39, 0.29) is 11.8 Å². The molecule has 1 aromatic carbocycles. The van der Waals surface area contributed by atoms with Gasteiger partial charge in [-0.2, -0.15) is 16.3 Å². The van der Waals surface area contributed by atoms with E-state index in [1.54, 1.807) is 22.3 Å². The Morgan fingerprint density at radius 1 is 1.33 bits per heavy atom. The van der Waals surface area contributed by atoms with Crippen molar-refractivity contribution in [1.82, 2.24) is 15.0 Å². The van der Waals surface area contributed by atoms with Crippen LogP contribution in [0.5, 0.6) is 0 Å². The van der Waals surface area contributed by atoms with Gasteiger partial charge in [0.25, 0.3) is 0 Å². The number of carbonyl (C=O) groups excluding carboxylic acids is 1. The van der Waals surface area contributed by atoms with E-state index in [2.05, 4.69) is 10.1 Å². The smallest absolute Gasteiger partial charge is 0.233 e. The Morgan fingerprint density at radius 2 is 2.17 bits per heavy atom. The molecule has 1 aliphatic rings. The lowest BCUT2D eigenvalue weighted by molar-refractivity contribution is -0.135. The molecule has 0 unspecified atom stereocenters. The van der Waals surface area contributed by atoms with E-state index < -0.39 is 0 Å². The van der Waals surface area contributed by atoms with Crippen LogP contribution in [0, 0.1) is 0 Å². The van der Waals surface area contributed by atoms with E-state index in [1.807, 2.05) is 35.0 Å². The summed E-state index contributed by atoms with van der Waals surface area (Å²) in [7, 11) is 0. The number of amides is 1. The van der Waals surface area contributed by atoms with Crippen LogP contribution >= 0.6 is 22.9 Å². The molecule has 4 rings (SSSR count). The average Bonchev–Trinajstić information content (AvgIpc) is 3.19. The second-order valence-corrected chi connectivity index (χ2v) is 6.92. The first-order chi connectivity index (χ1) is 11.7. The van der Waals surface area contributed by atoms with Gasteiger partial charge in [0.1, 0.15) is 0 Å². The van der Waals surface area contributed by atoms with Gasteiger partial charge in [0, 0.05) is 29.1 Å². The quantitative estimate of drug-likeness (QED) is 0.713. The maximum atomic E-state index is 12.3. The number of aromatic nitrogens is 2. The Bertz CT molecular complexity index is 856. The van der Waals surface area contributed by atoms with Crippen molar-refractivity contribution in [1.29, 1.82) is 0 Å². The summed E-state index contributed by atoms with van der Waals surface area (Å²) in [6.07, 6.45) is 0.316. The van der Waals surface area contributed by atoms with Crippen LogP contribution in [0.15, 0.2) is 45.6 Å². The molecule has 0 N–H and O–H groups in total. The number of benzene rings is 1. The molecule has 3 aromatic rings. The molecular weight excluding hydrogens is 346 g/mol. The van der Waals surface area contributed by atoms with Crippen molar-refractivity contribution in [3.05, 3.63) is 57.6 Å². The first-order valence-corrected chi connectivity index (χ1v) is 8.90. The van der Waals surface area contributed by atoms with Crippen molar-refractivity contribution in [2.45, 2.75) is 12.3 Å². The Hall–Kier alpha value is -2.18. The van der Waals surface area contributed by atoms with Crippen LogP contribution in [-0.4, -0.2) is 34.0 Å². The monoisotopic (exact) mass is 359 g/mol. The van der Waals surface area contributed by atoms with Crippen molar-refractivity contribution in [3.8, 4) is 11.4 Å². The predicted octanol–water partition coefficient (Wildman–Crippen LogP) is 3.62. The summed E-state index contributed by atoms with van der Waals surface area (Å²) in [6.45, 7) is 1.21. The highest BCUT2D eigenvalue weighted by Crippen LogP contribution is 2.29. The minimum atomic E-state index is 0.0666. The SMILES string of the molecule is O=C(Cc1ccccc1Cl)N1CC(c2nc(-c3ccsc3)no2)C1. The summed E-state index contributed by atoms with van der Waals surface area (Å²) in [5, 5.41) is 8.59. The lowest BCUT2D eigenvalue weighted by Gasteiger charge is -2.37. The Morgan fingerprint density at radius 3 is 2.92 bits per heavy atom. The molecule has 1 aliphatic heterocycles. The van der Waals surface area contributed by atoms with E-state index in [0.29, 0.717) is 36.2 Å². The van der Waals surface area contributed by atoms with Gasteiger partial charge in [-0.15, -0.1) is 0 Å². The number of nitrogens with zero attached hydrogens (tertiary/aromatic N) is 3. The topological polar surface area (TPSA) is 59.2 Å². The first-order valence-electron chi connectivity index (χ1n) is 7.58. The highest BCUT2D eigenvalue weighted by Gasteiger charge is 2.35. The Labute approximate surface area is 147 Å². The van der Waals surface area contributed by atoms with Gasteiger partial charge < -0.3 is 9.42 Å². The van der Waals surface area contributed by atoms with Crippen LogP contribution in [0.3, 0.4) is 0 Å². The second-order valence-electron chi connectivity index (χ2n) is 5.73. The number of carbonyl (C=O) groups is 1. The van der Waals surface area contributed by atoms with Gasteiger partial charge >= 0.3 is 0 Å². The number of rotatable bonds is 4. The molecule has 24 heavy (non-hydrogen) atoms. The third-order valence-corrected chi connectivity index (χ3v) is 5.16. The minimum Gasteiger partial charge on any atom is -0.341 e. The maximum Gasteiger partial charge on any atom is 0.233 e. The van der Waals surface area contributed by atoms with Crippen LogP contribution in [0.2, 0.25) is 5.02 Å². The van der Waals surface area contributed by atoms with E-state index >= 15 is 0 Å². The van der Waals surface area contributed by atoms with Crippen molar-refractivity contribution < 1.29 is 9.32 Å². The highest BCUT2D eigenvalue weighted by atomic mass is 35.5. The molecule has 0 bridgehead atoms. The molecule has 3 heterocycles. The average molecular weight is 360 g/mol. The zero-order valence-corrected chi connectivity index (χ0v) is 14.3. The second kappa shape index (κ2) is 6.37. The van der Waals surface area contributed by atoms with Crippen LogP contribution in [0.25, 0.3) is 11.4 Å². The summed E-state index contributed by atoms with van der Waals surface area (Å²) in [5.74, 6) is 1.38. The summed E-state index contributed by atoms with van der Waals surface area (Å²) in [6, 6.07) is 9.38. The molecule has 0 aliphatic carbocycles. The molecule has 2 aromatic heterocycles. The fourth-order valence-electron chi connectivity index (χ4n) is 2.66. The third kappa shape index (κ3) is 2.95. The third-order valence-electron chi connectivity index (χ3n) is 4.10. The Kier molecular flexibility index (Phi) is 4.08. The summed E-state index contributed by atoms with van der Waals surface area (Å²) < 4.78 is 5.34. The summed E-state index contributed by atoms with van der Waals surface area (Å²) in [4.78, 5) is 18.5. The molecule has 0 spiro atoms. The van der Waals surface area contributed by atoms with Crippen LogP contribution in [0.1, 0.15) is 17.4 Å². The van der Waals surface area contributed by atoms with Crippen molar-refractivity contribution in [3.63, 3.8) is 0 Å². The van der Waals surface area contributed by atoms with Crippen molar-refractivity contribution >= 4 is 28.8 Å². The lowest BCUT2D eigenvalue weighted by atomic mass is 9.99. The number of hydrogen-bond donors (Lipinski definition) is 0. The molecule has 1 saturated heterocycles. The van der Waals surface area contributed by atoms with E-state index in [0.717, 1.165) is 11.1 Å². The lowest BCUT2D eigenvalue weighted by Crippen LogP contribution is -2.49. The van der Waals surface area contributed by atoms with E-state index in [9.17, 15) is 4.79 Å². The van der Waals surface area contributed by atoms with Crippen molar-refractivity contribution in [2.75, 3.05) is 13.1 Å². The molecule has 5 nitrogen and oxygen atoms in total. The first kappa shape index (κ1) is 15.4. The zero-order valence-electron chi connectivity index (χ0n) is 12.7. The molecule has 1 amide bonds. The van der Waals surface area contributed by atoms with Crippen molar-refractivity contribution in [2.24, 2.45) is 0 Å². The largest absolute Gasteiger partial charge is 0.341 e. The summed E-state index contributed by atoms with van der Waals surface area (Å²) in [5.41, 5.74) is 1.81. The zero-order chi connectivity index (χ0) is 16.5. The van der Waals surface area contributed by atoms with Gasteiger partial charge in [0.15, 0.2) is 0 Å². The fourth-order valence-corrected chi connectivity index (χ4v) is 3.50. The molecule has 7 heteroatoms. The van der Waals surface area contributed by atoms with E-state index in [1.165, 1.54) is 0 Å². The van der Waals surface area contributed by atoms with Gasteiger partial charge in [0.05, 0.1) is 12.3 Å². The van der Waals surface area contributed by atoms with Gasteiger partial charge in [-0.3, -0.25) is 4.79 Å². The summed E-state index contributed by atoms with van der Waals surface area (Å²) >= 11 is 7.70. The van der Waals surface area contributed by atoms with Crippen LogP contribution in [0.4, 0.5) is 0 Å². The standard InChI is InChI=1S/C17H14ClN3O2S/c18-14-4-2-1-3-11(14)7-15(22)21-8-13(9-21)17-19-16(20-23-17)12-5-6-24-10-12/h1-6,10,13H,7-9H2. The van der Waals surface area contributed by atoms with Crippen LogP contribution in [-0.2, 0) is 11.2 Å². The number of thiophene rings is 1. The Balaban J connectivity index is 1.36. The van der Waals surface area contributed by atoms with Gasteiger partial charge in [-0.1, -0.05) is 35.0 Å². The number of likely N-dealkylation sites (tertiary alicyclic amines) is 1. The van der Waals surface area contributed by atoms with Gasteiger partial charge in [-0.25, -0.2) is 0 Å². The molecule has 0 radical (unpaired) electrons. The van der Waals surface area contributed by atoms with Gasteiger partial charge in [0.2, 0.25) is 17.6 Å². The molecule has 122 valence electrons.